The summed E-state index contributed by atoms with van der Waals surface area (Å²) < 4.78 is 1.54. The van der Waals surface area contributed by atoms with Gasteiger partial charge >= 0.3 is 0 Å². The van der Waals surface area contributed by atoms with Gasteiger partial charge in [0.05, 0.1) is 0 Å². The van der Waals surface area contributed by atoms with Gasteiger partial charge in [-0.3, -0.25) is 14.7 Å². The van der Waals surface area contributed by atoms with Crippen LogP contribution in [0.1, 0.15) is 23.0 Å². The van der Waals surface area contributed by atoms with Gasteiger partial charge in [0, 0.05) is 22.5 Å². The average molecular weight is 380 g/mol. The van der Waals surface area contributed by atoms with E-state index in [0.29, 0.717) is 22.6 Å². The van der Waals surface area contributed by atoms with Gasteiger partial charge in [0.25, 0.3) is 5.56 Å². The molecule has 0 saturated carbocycles. The van der Waals surface area contributed by atoms with Gasteiger partial charge < -0.3 is 5.32 Å². The third-order valence-electron chi connectivity index (χ3n) is 4.26. The Morgan fingerprint density at radius 2 is 1.89 bits per heavy atom. The molecule has 1 atom stereocenters. The molecule has 0 radical (unpaired) electrons. The lowest BCUT2D eigenvalue weighted by Gasteiger charge is -2.27. The van der Waals surface area contributed by atoms with E-state index in [1.54, 1.807) is 19.1 Å². The Kier molecular flexibility index (Phi) is 4.41. The molecular formula is C20H18ClN5O. The molecular weight excluding hydrogens is 362 g/mol. The summed E-state index contributed by atoms with van der Waals surface area (Å²) >= 11 is 6.01. The number of aliphatic imine (C=N–C) groups is 1. The molecule has 27 heavy (non-hydrogen) atoms. The molecule has 4 rings (SSSR count). The zero-order valence-electron chi connectivity index (χ0n) is 14.9. The standard InChI is InChI=1S/C20H18ClN5O/c1-12-4-3-5-16(10-12)23-19-24-18(14-6-8-15(21)9-7-14)26-17(27)11-13(2)22-20(26)25-19/h3-11,18H,1-2H3,(H2,22,23,24,25)/t18-/m0/s1. The van der Waals surface area contributed by atoms with E-state index in [-0.39, 0.29) is 5.56 Å². The lowest BCUT2D eigenvalue weighted by atomic mass is 10.1. The number of nitrogens with one attached hydrogen (secondary N) is 2. The minimum atomic E-state index is -0.536. The van der Waals surface area contributed by atoms with Gasteiger partial charge in [-0.25, -0.2) is 9.98 Å². The van der Waals surface area contributed by atoms with Gasteiger partial charge in [-0.05, 0) is 49.2 Å². The van der Waals surface area contributed by atoms with Crippen molar-refractivity contribution in [2.24, 2.45) is 4.99 Å². The Morgan fingerprint density at radius 1 is 1.11 bits per heavy atom. The number of anilines is 2. The van der Waals surface area contributed by atoms with E-state index in [9.17, 15) is 4.79 Å². The summed E-state index contributed by atoms with van der Waals surface area (Å²) in [6, 6.07) is 16.8. The van der Waals surface area contributed by atoms with Gasteiger partial charge in [-0.1, -0.05) is 35.9 Å². The summed E-state index contributed by atoms with van der Waals surface area (Å²) in [4.78, 5) is 21.8. The summed E-state index contributed by atoms with van der Waals surface area (Å²) in [7, 11) is 0. The van der Waals surface area contributed by atoms with Gasteiger partial charge in [0.2, 0.25) is 11.9 Å². The molecule has 0 bridgehead atoms. The number of rotatable bonds is 2. The highest BCUT2D eigenvalue weighted by Gasteiger charge is 2.25. The molecule has 0 fully saturated rings. The average Bonchev–Trinajstić information content (AvgIpc) is 2.61. The fourth-order valence-corrected chi connectivity index (χ4v) is 3.16. The molecule has 6 nitrogen and oxygen atoms in total. The first-order chi connectivity index (χ1) is 13.0. The summed E-state index contributed by atoms with van der Waals surface area (Å²) in [6.45, 7) is 3.82. The summed E-state index contributed by atoms with van der Waals surface area (Å²) in [5.41, 5.74) is 3.36. The summed E-state index contributed by atoms with van der Waals surface area (Å²) in [5, 5.41) is 7.02. The molecule has 7 heteroatoms. The first kappa shape index (κ1) is 17.3. The fraction of sp³-hybridized carbons (Fsp3) is 0.150. The van der Waals surface area contributed by atoms with E-state index in [4.69, 9.17) is 16.6 Å². The lowest BCUT2D eigenvalue weighted by Crippen LogP contribution is -2.37. The quantitative estimate of drug-likeness (QED) is 0.707. The van der Waals surface area contributed by atoms with Crippen molar-refractivity contribution in [2.75, 3.05) is 10.6 Å². The van der Waals surface area contributed by atoms with Crippen LogP contribution < -0.4 is 16.2 Å². The van der Waals surface area contributed by atoms with Gasteiger partial charge in [-0.15, -0.1) is 0 Å². The van der Waals surface area contributed by atoms with Crippen LogP contribution in [0.25, 0.3) is 0 Å². The Morgan fingerprint density at radius 3 is 2.63 bits per heavy atom. The van der Waals surface area contributed by atoms with E-state index in [2.05, 4.69) is 15.6 Å². The van der Waals surface area contributed by atoms with E-state index < -0.39 is 6.17 Å². The van der Waals surface area contributed by atoms with Crippen molar-refractivity contribution in [1.82, 2.24) is 9.55 Å². The number of halogens is 1. The van der Waals surface area contributed by atoms with Gasteiger partial charge in [0.1, 0.15) is 0 Å². The zero-order chi connectivity index (χ0) is 19.0. The number of nitrogens with zero attached hydrogens (tertiary/aromatic N) is 3. The summed E-state index contributed by atoms with van der Waals surface area (Å²) in [6.07, 6.45) is -0.536. The van der Waals surface area contributed by atoms with Crippen LogP contribution in [0.2, 0.25) is 5.02 Å². The Balaban J connectivity index is 1.80. The molecule has 1 aromatic heterocycles. The van der Waals surface area contributed by atoms with Crippen molar-refractivity contribution in [1.29, 1.82) is 0 Å². The van der Waals surface area contributed by atoms with Crippen molar-refractivity contribution in [3.05, 3.63) is 86.8 Å². The molecule has 1 aliphatic rings. The van der Waals surface area contributed by atoms with Crippen LogP contribution >= 0.6 is 11.6 Å². The molecule has 2 heterocycles. The molecule has 3 aromatic rings. The fourth-order valence-electron chi connectivity index (χ4n) is 3.03. The lowest BCUT2D eigenvalue weighted by molar-refractivity contribution is 0.577. The minimum absolute atomic E-state index is 0.164. The number of aryl methyl sites for hydroxylation is 2. The van der Waals surface area contributed by atoms with E-state index in [1.165, 1.54) is 10.6 Å². The van der Waals surface area contributed by atoms with E-state index >= 15 is 0 Å². The highest BCUT2D eigenvalue weighted by molar-refractivity contribution is 6.30. The molecule has 0 spiro atoms. The van der Waals surface area contributed by atoms with Crippen LogP contribution in [0.3, 0.4) is 0 Å². The van der Waals surface area contributed by atoms with Crippen LogP contribution in [0.5, 0.6) is 0 Å². The number of aromatic nitrogens is 2. The predicted molar refractivity (Wildman–Crippen MR) is 109 cm³/mol. The van der Waals surface area contributed by atoms with Crippen molar-refractivity contribution < 1.29 is 0 Å². The number of hydrogen-bond acceptors (Lipinski definition) is 5. The molecule has 1 aliphatic heterocycles. The van der Waals surface area contributed by atoms with E-state index in [0.717, 1.165) is 16.8 Å². The van der Waals surface area contributed by atoms with Crippen molar-refractivity contribution in [2.45, 2.75) is 20.0 Å². The second-order valence-electron chi connectivity index (χ2n) is 6.45. The SMILES string of the molecule is Cc1cccc(NC2=N[C@H](c3ccc(Cl)cc3)n3c(nc(C)cc3=O)N2)c1. The van der Waals surface area contributed by atoms with Crippen LogP contribution in [-0.2, 0) is 0 Å². The minimum Gasteiger partial charge on any atom is -0.326 e. The van der Waals surface area contributed by atoms with Crippen LogP contribution in [-0.4, -0.2) is 15.5 Å². The molecule has 136 valence electrons. The molecule has 2 aromatic carbocycles. The largest absolute Gasteiger partial charge is 0.326 e. The zero-order valence-corrected chi connectivity index (χ0v) is 15.7. The second-order valence-corrected chi connectivity index (χ2v) is 6.89. The topological polar surface area (TPSA) is 71.3 Å². The number of hydrogen-bond donors (Lipinski definition) is 2. The van der Waals surface area contributed by atoms with Crippen LogP contribution in [0, 0.1) is 13.8 Å². The molecule has 0 amide bonds. The first-order valence-electron chi connectivity index (χ1n) is 8.54. The smallest absolute Gasteiger partial charge is 0.257 e. The maximum absolute atomic E-state index is 12.6. The number of fused-ring (bicyclic) bond motifs is 1. The van der Waals surface area contributed by atoms with E-state index in [1.807, 2.05) is 43.3 Å². The van der Waals surface area contributed by atoms with Crippen molar-refractivity contribution in [3.8, 4) is 0 Å². The number of guanidine groups is 1. The second kappa shape index (κ2) is 6.89. The first-order valence-corrected chi connectivity index (χ1v) is 8.91. The number of benzene rings is 2. The third kappa shape index (κ3) is 3.57. The van der Waals surface area contributed by atoms with Gasteiger partial charge in [-0.2, -0.15) is 0 Å². The maximum atomic E-state index is 12.6. The van der Waals surface area contributed by atoms with Gasteiger partial charge in [0.15, 0.2) is 6.17 Å². The van der Waals surface area contributed by atoms with Crippen molar-refractivity contribution in [3.63, 3.8) is 0 Å². The maximum Gasteiger partial charge on any atom is 0.257 e. The Hall–Kier alpha value is -3.12. The Labute approximate surface area is 161 Å². The highest BCUT2D eigenvalue weighted by Crippen LogP contribution is 2.26. The summed E-state index contributed by atoms with van der Waals surface area (Å²) in [5.74, 6) is 0.975. The molecule has 0 saturated heterocycles. The Bertz CT molecular complexity index is 1090. The van der Waals surface area contributed by atoms with Crippen LogP contribution in [0.15, 0.2) is 64.4 Å². The predicted octanol–water partition coefficient (Wildman–Crippen LogP) is 3.95. The molecule has 0 unspecified atom stereocenters. The highest BCUT2D eigenvalue weighted by atomic mass is 35.5. The monoisotopic (exact) mass is 379 g/mol. The van der Waals surface area contributed by atoms with Crippen LogP contribution in [0.4, 0.5) is 11.6 Å². The molecule has 0 aliphatic carbocycles. The van der Waals surface area contributed by atoms with Crippen molar-refractivity contribution >= 4 is 29.2 Å². The third-order valence-corrected chi connectivity index (χ3v) is 4.51. The normalized spacial score (nSPS) is 15.5. The molecule has 2 N–H and O–H groups in total.